The number of alkyl halides is 3. The average molecular weight is 304 g/mol. The predicted molar refractivity (Wildman–Crippen MR) is 71.2 cm³/mol. The standard InChI is InChI=1S/C11H9F3N2O3.C2H6/c1-17-7-3-2-6-4-9(10(15)11(12,13)14)19-16-18-8(6)5-7;1-2/h2-5,15-16H,1H3;1-2H3. The van der Waals surface area contributed by atoms with Gasteiger partial charge < -0.3 is 13.8 Å². The molecule has 0 saturated heterocycles. The van der Waals surface area contributed by atoms with Crippen LogP contribution in [0.25, 0.3) is 11.0 Å². The van der Waals surface area contributed by atoms with Crippen LogP contribution in [0.1, 0.15) is 19.6 Å². The third kappa shape index (κ3) is 4.04. The highest BCUT2D eigenvalue weighted by molar-refractivity contribution is 6.01. The Labute approximate surface area is 118 Å². The smallest absolute Gasteiger partial charge is 0.436 e. The van der Waals surface area contributed by atoms with Crippen LogP contribution < -0.4 is 4.74 Å². The van der Waals surface area contributed by atoms with Crippen LogP contribution >= 0.6 is 0 Å². The molecule has 0 amide bonds. The Hall–Kier alpha value is -2.38. The van der Waals surface area contributed by atoms with Gasteiger partial charge in [0, 0.05) is 11.5 Å². The van der Waals surface area contributed by atoms with Gasteiger partial charge in [-0.05, 0) is 18.2 Å². The first-order valence-electron chi connectivity index (χ1n) is 6.06. The Bertz CT molecular complexity index is 651. The van der Waals surface area contributed by atoms with Crippen molar-refractivity contribution in [2.45, 2.75) is 20.0 Å². The molecule has 2 aromatic rings. The van der Waals surface area contributed by atoms with E-state index < -0.39 is 17.6 Å². The van der Waals surface area contributed by atoms with Crippen LogP contribution in [-0.4, -0.2) is 24.3 Å². The minimum absolute atomic E-state index is 0.226. The van der Waals surface area contributed by atoms with E-state index in [1.54, 1.807) is 6.07 Å². The molecule has 2 rings (SSSR count). The summed E-state index contributed by atoms with van der Waals surface area (Å²) in [5, 5.41) is 9.23. The largest absolute Gasteiger partial charge is 0.497 e. The SMILES string of the molecule is CC.COc1ccc2cc(C(=N)C(F)(F)F)o[nH]oc2c1. The molecule has 1 aromatic heterocycles. The number of aromatic amines is 1. The van der Waals surface area contributed by atoms with Gasteiger partial charge in [0.05, 0.1) is 7.11 Å². The molecule has 8 heteroatoms. The molecule has 0 atom stereocenters. The van der Waals surface area contributed by atoms with E-state index >= 15 is 0 Å². The first-order chi connectivity index (χ1) is 9.91. The first-order valence-corrected chi connectivity index (χ1v) is 6.06. The minimum atomic E-state index is -4.80. The number of hydrogen-bond acceptors (Lipinski definition) is 4. The van der Waals surface area contributed by atoms with Crippen molar-refractivity contribution in [3.63, 3.8) is 0 Å². The zero-order valence-electron chi connectivity index (χ0n) is 11.7. The molecule has 0 saturated carbocycles. The summed E-state index contributed by atoms with van der Waals surface area (Å²) in [7, 11) is 1.45. The zero-order chi connectivity index (χ0) is 16.0. The molecular formula is C13H15F3N2O3. The molecule has 0 unspecified atom stereocenters. The van der Waals surface area contributed by atoms with Gasteiger partial charge in [-0.2, -0.15) is 13.2 Å². The molecular weight excluding hydrogens is 289 g/mol. The monoisotopic (exact) mass is 304 g/mol. The van der Waals surface area contributed by atoms with Crippen LogP contribution in [0.15, 0.2) is 33.3 Å². The molecule has 5 nitrogen and oxygen atoms in total. The van der Waals surface area contributed by atoms with E-state index in [0.717, 1.165) is 6.07 Å². The van der Waals surface area contributed by atoms with E-state index in [1.165, 1.54) is 19.2 Å². The van der Waals surface area contributed by atoms with Crippen LogP contribution in [0.4, 0.5) is 13.2 Å². The van der Waals surface area contributed by atoms with Gasteiger partial charge in [0.1, 0.15) is 5.75 Å². The number of halogens is 3. The second kappa shape index (κ2) is 6.87. The van der Waals surface area contributed by atoms with Crippen molar-refractivity contribution in [1.82, 2.24) is 5.33 Å². The maximum Gasteiger partial charge on any atom is 0.436 e. The fourth-order valence-electron chi connectivity index (χ4n) is 1.39. The highest BCUT2D eigenvalue weighted by Gasteiger charge is 2.37. The number of H-pyrrole nitrogens is 1. The molecule has 0 spiro atoms. The van der Waals surface area contributed by atoms with Gasteiger partial charge in [0.25, 0.3) is 0 Å². The Morgan fingerprint density at radius 3 is 2.43 bits per heavy atom. The third-order valence-electron chi connectivity index (χ3n) is 2.34. The summed E-state index contributed by atoms with van der Waals surface area (Å²) in [6, 6.07) is 5.58. The van der Waals surface area contributed by atoms with E-state index in [4.69, 9.17) is 14.7 Å². The Kier molecular flexibility index (Phi) is 5.45. The number of methoxy groups -OCH3 is 1. The maximum atomic E-state index is 12.4. The number of ether oxygens (including phenoxy) is 1. The van der Waals surface area contributed by atoms with E-state index in [1.807, 2.05) is 19.2 Å². The lowest BCUT2D eigenvalue weighted by Crippen LogP contribution is -2.22. The number of rotatable bonds is 2. The lowest BCUT2D eigenvalue weighted by molar-refractivity contribution is -0.0601. The van der Waals surface area contributed by atoms with Crippen molar-refractivity contribution in [2.24, 2.45) is 0 Å². The molecule has 0 aliphatic rings. The van der Waals surface area contributed by atoms with Gasteiger partial charge in [0.15, 0.2) is 17.1 Å². The summed E-state index contributed by atoms with van der Waals surface area (Å²) < 4.78 is 51.7. The third-order valence-corrected chi connectivity index (χ3v) is 2.34. The fraction of sp³-hybridized carbons (Fsp3) is 0.308. The molecule has 116 valence electrons. The lowest BCUT2D eigenvalue weighted by atomic mass is 10.2. The van der Waals surface area contributed by atoms with Gasteiger partial charge in [-0.15, -0.1) is 0 Å². The predicted octanol–water partition coefficient (Wildman–Crippen LogP) is 4.44. The summed E-state index contributed by atoms with van der Waals surface area (Å²) in [6.45, 7) is 4.00. The summed E-state index contributed by atoms with van der Waals surface area (Å²) in [5.74, 6) is -0.209. The Morgan fingerprint density at radius 2 is 1.86 bits per heavy atom. The van der Waals surface area contributed by atoms with E-state index in [2.05, 4.69) is 4.52 Å². The molecule has 0 aliphatic heterocycles. The molecule has 21 heavy (non-hydrogen) atoms. The topological polar surface area (TPSA) is 75.2 Å². The Balaban J connectivity index is 0.00000106. The average Bonchev–Trinajstić information content (AvgIpc) is 2.68. The van der Waals surface area contributed by atoms with Crippen LogP contribution in [0.5, 0.6) is 5.75 Å². The minimum Gasteiger partial charge on any atom is -0.497 e. The lowest BCUT2D eigenvalue weighted by Gasteiger charge is -2.04. The van der Waals surface area contributed by atoms with Crippen LogP contribution in [0.2, 0.25) is 0 Å². The molecule has 2 N–H and O–H groups in total. The summed E-state index contributed by atoms with van der Waals surface area (Å²) in [5.41, 5.74) is -1.38. The second-order valence-electron chi connectivity index (χ2n) is 3.57. The van der Waals surface area contributed by atoms with Gasteiger partial charge in [0.2, 0.25) is 0 Å². The normalized spacial score (nSPS) is 10.6. The first kappa shape index (κ1) is 16.7. The van der Waals surface area contributed by atoms with Gasteiger partial charge in [-0.25, -0.2) is 0 Å². The van der Waals surface area contributed by atoms with Crippen molar-refractivity contribution >= 4 is 16.7 Å². The van der Waals surface area contributed by atoms with Crippen molar-refractivity contribution in [2.75, 3.05) is 7.11 Å². The van der Waals surface area contributed by atoms with Gasteiger partial charge >= 0.3 is 6.18 Å². The molecule has 0 radical (unpaired) electrons. The van der Waals surface area contributed by atoms with Crippen molar-refractivity contribution < 1.29 is 27.0 Å². The van der Waals surface area contributed by atoms with Crippen molar-refractivity contribution in [3.8, 4) is 5.75 Å². The number of aromatic nitrogens is 1. The number of benzene rings is 1. The summed E-state index contributed by atoms with van der Waals surface area (Å²) in [6.07, 6.45) is -4.80. The number of fused-ring (bicyclic) bond motifs is 1. The number of nitrogens with one attached hydrogen (secondary N) is 2. The molecule has 0 aliphatic carbocycles. The van der Waals surface area contributed by atoms with E-state index in [9.17, 15) is 13.2 Å². The quantitative estimate of drug-likeness (QED) is 0.805. The van der Waals surface area contributed by atoms with Crippen LogP contribution in [0, 0.1) is 5.41 Å². The second-order valence-corrected chi connectivity index (χ2v) is 3.57. The van der Waals surface area contributed by atoms with Crippen LogP contribution in [0.3, 0.4) is 0 Å². The van der Waals surface area contributed by atoms with Crippen LogP contribution in [-0.2, 0) is 0 Å². The Morgan fingerprint density at radius 1 is 1.19 bits per heavy atom. The van der Waals surface area contributed by atoms with Gasteiger partial charge in [-0.3, -0.25) is 5.41 Å². The van der Waals surface area contributed by atoms with E-state index in [-0.39, 0.29) is 5.58 Å². The fourth-order valence-corrected chi connectivity index (χ4v) is 1.39. The molecule has 0 fully saturated rings. The van der Waals surface area contributed by atoms with Crippen molar-refractivity contribution in [3.05, 3.63) is 30.0 Å². The summed E-state index contributed by atoms with van der Waals surface area (Å²) >= 11 is 0. The highest BCUT2D eigenvalue weighted by Crippen LogP contribution is 2.24. The van der Waals surface area contributed by atoms with E-state index in [0.29, 0.717) is 11.1 Å². The van der Waals surface area contributed by atoms with Gasteiger partial charge in [-0.1, -0.05) is 19.2 Å². The highest BCUT2D eigenvalue weighted by atomic mass is 19.4. The molecule has 0 bridgehead atoms. The summed E-state index contributed by atoms with van der Waals surface area (Å²) in [4.78, 5) is 0. The molecule has 1 heterocycles. The number of hydrogen-bond donors (Lipinski definition) is 2. The maximum absolute atomic E-state index is 12.4. The zero-order valence-corrected chi connectivity index (χ0v) is 11.7. The van der Waals surface area contributed by atoms with Crippen molar-refractivity contribution in [1.29, 1.82) is 5.41 Å². The molecule has 1 aromatic carbocycles.